The largest absolute Gasteiger partial charge is 0.423 e. The van der Waals surface area contributed by atoms with E-state index in [0.717, 1.165) is 29.7 Å². The van der Waals surface area contributed by atoms with E-state index in [1.54, 1.807) is 24.3 Å². The van der Waals surface area contributed by atoms with Gasteiger partial charge >= 0.3 is 11.9 Å². The van der Waals surface area contributed by atoms with Gasteiger partial charge in [-0.15, -0.1) is 0 Å². The van der Waals surface area contributed by atoms with Crippen molar-refractivity contribution in [2.24, 2.45) is 0 Å². The summed E-state index contributed by atoms with van der Waals surface area (Å²) in [5.41, 5.74) is 3.35. The fourth-order valence-electron chi connectivity index (χ4n) is 3.13. The van der Waals surface area contributed by atoms with Gasteiger partial charge in [0.15, 0.2) is 0 Å². The number of rotatable bonds is 8. The van der Waals surface area contributed by atoms with E-state index in [2.05, 4.69) is 25.3 Å². The first kappa shape index (κ1) is 20.8. The van der Waals surface area contributed by atoms with E-state index in [4.69, 9.17) is 9.47 Å². The number of benzene rings is 3. The van der Waals surface area contributed by atoms with Gasteiger partial charge in [0.25, 0.3) is 0 Å². The van der Waals surface area contributed by atoms with Gasteiger partial charge in [0.05, 0.1) is 0 Å². The third-order valence-electron chi connectivity index (χ3n) is 4.62. The zero-order chi connectivity index (χ0) is 21.3. The van der Waals surface area contributed by atoms with Gasteiger partial charge in [-0.1, -0.05) is 67.8 Å². The Morgan fingerprint density at radius 1 is 0.700 bits per heavy atom. The summed E-state index contributed by atoms with van der Waals surface area (Å²) in [5.74, 6) is 0.0183. The summed E-state index contributed by atoms with van der Waals surface area (Å²) in [5, 5.41) is 0. The van der Waals surface area contributed by atoms with Crippen molar-refractivity contribution in [3.63, 3.8) is 0 Å². The summed E-state index contributed by atoms with van der Waals surface area (Å²) in [7, 11) is 0. The molecule has 3 aromatic carbocycles. The molecule has 0 N–H and O–H groups in total. The normalized spacial score (nSPS) is 10.3. The quantitative estimate of drug-likeness (QED) is 0.296. The van der Waals surface area contributed by atoms with Gasteiger partial charge in [-0.05, 0) is 47.4 Å². The van der Waals surface area contributed by atoms with Crippen molar-refractivity contribution >= 4 is 11.9 Å². The molecule has 0 aliphatic carbocycles. The Hall–Kier alpha value is -3.92. The first-order valence-corrected chi connectivity index (χ1v) is 9.51. The van der Waals surface area contributed by atoms with Crippen LogP contribution in [0.2, 0.25) is 0 Å². The van der Waals surface area contributed by atoms with Crippen molar-refractivity contribution in [3.8, 4) is 11.5 Å². The van der Waals surface area contributed by atoms with E-state index in [9.17, 15) is 9.59 Å². The standard InChI is InChI=1S/C26H22O4/c1-3-25(27)29-22-14-10-20(11-15-22)24(18-19-8-6-5-7-9-19)21-12-16-23(17-13-21)30-26(28)4-2/h3-17,24H,1-2,18H2. The molecule has 30 heavy (non-hydrogen) atoms. The number of carbonyl (C=O) groups is 2. The Morgan fingerprint density at radius 2 is 1.13 bits per heavy atom. The van der Waals surface area contributed by atoms with E-state index < -0.39 is 11.9 Å². The second-order valence-electron chi connectivity index (χ2n) is 6.63. The Labute approximate surface area is 176 Å². The van der Waals surface area contributed by atoms with Crippen molar-refractivity contribution in [1.29, 1.82) is 0 Å². The number of esters is 2. The summed E-state index contributed by atoms with van der Waals surface area (Å²) < 4.78 is 10.3. The molecule has 0 fully saturated rings. The lowest BCUT2D eigenvalue weighted by atomic mass is 9.86. The molecule has 0 radical (unpaired) electrons. The summed E-state index contributed by atoms with van der Waals surface area (Å²) >= 11 is 0. The fourth-order valence-corrected chi connectivity index (χ4v) is 3.13. The molecular weight excluding hydrogens is 376 g/mol. The number of hydrogen-bond acceptors (Lipinski definition) is 4. The first-order chi connectivity index (χ1) is 14.6. The van der Waals surface area contributed by atoms with Crippen LogP contribution < -0.4 is 9.47 Å². The summed E-state index contributed by atoms with van der Waals surface area (Å²) in [6, 6.07) is 25.1. The average Bonchev–Trinajstić information content (AvgIpc) is 2.79. The molecule has 0 spiro atoms. The van der Waals surface area contributed by atoms with E-state index in [1.807, 2.05) is 42.5 Å². The van der Waals surface area contributed by atoms with E-state index in [1.165, 1.54) is 5.56 Å². The van der Waals surface area contributed by atoms with Crippen LogP contribution in [-0.4, -0.2) is 11.9 Å². The predicted molar refractivity (Wildman–Crippen MR) is 117 cm³/mol. The van der Waals surface area contributed by atoms with Crippen LogP contribution in [0.15, 0.2) is 104 Å². The molecule has 4 heteroatoms. The Morgan fingerprint density at radius 3 is 1.53 bits per heavy atom. The third-order valence-corrected chi connectivity index (χ3v) is 4.62. The maximum Gasteiger partial charge on any atom is 0.335 e. The fraction of sp³-hybridized carbons (Fsp3) is 0.0769. The van der Waals surface area contributed by atoms with E-state index in [-0.39, 0.29) is 5.92 Å². The molecule has 0 amide bonds. The van der Waals surface area contributed by atoms with Gasteiger partial charge in [0, 0.05) is 18.1 Å². The molecule has 0 heterocycles. The monoisotopic (exact) mass is 398 g/mol. The topological polar surface area (TPSA) is 52.6 Å². The predicted octanol–water partition coefficient (Wildman–Crippen LogP) is 5.24. The van der Waals surface area contributed by atoms with Crippen LogP contribution in [0.3, 0.4) is 0 Å². The highest BCUT2D eigenvalue weighted by atomic mass is 16.5. The molecule has 0 unspecified atom stereocenters. The molecule has 0 aliphatic rings. The highest BCUT2D eigenvalue weighted by Gasteiger charge is 2.16. The molecule has 3 aromatic rings. The van der Waals surface area contributed by atoms with Gasteiger partial charge in [0.1, 0.15) is 11.5 Å². The van der Waals surface area contributed by atoms with Crippen LogP contribution in [0.1, 0.15) is 22.6 Å². The van der Waals surface area contributed by atoms with E-state index >= 15 is 0 Å². The average molecular weight is 398 g/mol. The summed E-state index contributed by atoms with van der Waals surface area (Å²) in [6.07, 6.45) is 3.05. The lowest BCUT2D eigenvalue weighted by molar-refractivity contribution is -0.129. The number of hydrogen-bond donors (Lipinski definition) is 0. The van der Waals surface area contributed by atoms with Crippen molar-refractivity contribution in [2.75, 3.05) is 0 Å². The van der Waals surface area contributed by atoms with Gasteiger partial charge in [-0.3, -0.25) is 0 Å². The zero-order valence-electron chi connectivity index (χ0n) is 16.5. The maximum atomic E-state index is 11.4. The molecular formula is C26H22O4. The molecule has 0 atom stereocenters. The molecule has 0 aliphatic heterocycles. The lowest BCUT2D eigenvalue weighted by Crippen LogP contribution is -2.07. The molecule has 4 nitrogen and oxygen atoms in total. The van der Waals surface area contributed by atoms with Crippen LogP contribution >= 0.6 is 0 Å². The second kappa shape index (κ2) is 10.0. The number of ether oxygens (including phenoxy) is 2. The zero-order valence-corrected chi connectivity index (χ0v) is 16.5. The Kier molecular flexibility index (Phi) is 6.95. The number of carbonyl (C=O) groups excluding carboxylic acids is 2. The van der Waals surface area contributed by atoms with Crippen molar-refractivity contribution in [3.05, 3.63) is 121 Å². The van der Waals surface area contributed by atoms with Gasteiger partial charge in [-0.25, -0.2) is 9.59 Å². The van der Waals surface area contributed by atoms with Gasteiger partial charge < -0.3 is 9.47 Å². The van der Waals surface area contributed by atoms with Crippen LogP contribution in [0.4, 0.5) is 0 Å². The highest BCUT2D eigenvalue weighted by molar-refractivity contribution is 5.83. The molecule has 150 valence electrons. The van der Waals surface area contributed by atoms with Crippen molar-refractivity contribution < 1.29 is 19.1 Å². The Bertz CT molecular complexity index is 953. The SMILES string of the molecule is C=CC(=O)Oc1ccc(C(Cc2ccccc2)c2ccc(OC(=O)C=C)cc2)cc1. The van der Waals surface area contributed by atoms with Gasteiger partial charge in [-0.2, -0.15) is 0 Å². The van der Waals surface area contributed by atoms with Crippen molar-refractivity contribution in [1.82, 2.24) is 0 Å². The molecule has 0 aromatic heterocycles. The maximum absolute atomic E-state index is 11.4. The molecule has 3 rings (SSSR count). The lowest BCUT2D eigenvalue weighted by Gasteiger charge is -2.19. The smallest absolute Gasteiger partial charge is 0.335 e. The van der Waals surface area contributed by atoms with E-state index in [0.29, 0.717) is 11.5 Å². The van der Waals surface area contributed by atoms with Gasteiger partial charge in [0.2, 0.25) is 0 Å². The minimum Gasteiger partial charge on any atom is -0.423 e. The van der Waals surface area contributed by atoms with Crippen LogP contribution in [0, 0.1) is 0 Å². The summed E-state index contributed by atoms with van der Waals surface area (Å²) in [4.78, 5) is 22.8. The highest BCUT2D eigenvalue weighted by Crippen LogP contribution is 2.31. The first-order valence-electron chi connectivity index (χ1n) is 9.51. The van der Waals surface area contributed by atoms with Crippen LogP contribution in [0.25, 0.3) is 0 Å². The molecule has 0 saturated heterocycles. The third kappa shape index (κ3) is 5.55. The molecule has 0 saturated carbocycles. The minimum absolute atomic E-state index is 0.0701. The summed E-state index contributed by atoms with van der Waals surface area (Å²) in [6.45, 7) is 6.82. The molecule has 0 bridgehead atoms. The van der Waals surface area contributed by atoms with Crippen LogP contribution in [0.5, 0.6) is 11.5 Å². The Balaban J connectivity index is 1.88. The van der Waals surface area contributed by atoms with Crippen LogP contribution in [-0.2, 0) is 16.0 Å². The minimum atomic E-state index is -0.492. The second-order valence-corrected chi connectivity index (χ2v) is 6.63. The van der Waals surface area contributed by atoms with Crippen molar-refractivity contribution in [2.45, 2.75) is 12.3 Å².